The summed E-state index contributed by atoms with van der Waals surface area (Å²) in [6.45, 7) is 9.43. The SMILES string of the molecule is CCn1cc(NC(=O)C(C)(C)n2cc(Br)cn2)c(C(=O)OC(C)C)n1. The molecule has 0 atom stereocenters. The second-order valence-corrected chi connectivity index (χ2v) is 7.23. The molecule has 2 aromatic heterocycles. The minimum absolute atomic E-state index is 0.0846. The molecule has 8 nitrogen and oxygen atoms in total. The number of amides is 1. The number of aryl methyl sites for hydroxylation is 1. The van der Waals surface area contributed by atoms with Crippen molar-refractivity contribution in [2.45, 2.75) is 52.8 Å². The van der Waals surface area contributed by atoms with Crippen molar-refractivity contribution in [3.63, 3.8) is 0 Å². The fourth-order valence-corrected chi connectivity index (χ4v) is 2.37. The molecule has 0 bridgehead atoms. The van der Waals surface area contributed by atoms with Crippen molar-refractivity contribution in [1.82, 2.24) is 19.6 Å². The van der Waals surface area contributed by atoms with Crippen LogP contribution in [0.2, 0.25) is 0 Å². The van der Waals surface area contributed by atoms with Gasteiger partial charge in [-0.2, -0.15) is 10.2 Å². The summed E-state index contributed by atoms with van der Waals surface area (Å²) in [5.74, 6) is -0.894. The molecule has 0 aliphatic rings. The Kier molecular flexibility index (Phi) is 5.66. The molecule has 0 saturated carbocycles. The van der Waals surface area contributed by atoms with Crippen molar-refractivity contribution in [3.05, 3.63) is 28.8 Å². The van der Waals surface area contributed by atoms with Crippen LogP contribution in [0.1, 0.15) is 45.1 Å². The highest BCUT2D eigenvalue weighted by Gasteiger charge is 2.32. The van der Waals surface area contributed by atoms with Crippen LogP contribution in [-0.2, 0) is 21.6 Å². The Bertz CT molecular complexity index is 779. The molecule has 0 unspecified atom stereocenters. The van der Waals surface area contributed by atoms with Gasteiger partial charge in [0.1, 0.15) is 5.54 Å². The fourth-order valence-electron chi connectivity index (χ4n) is 2.08. The summed E-state index contributed by atoms with van der Waals surface area (Å²) in [6.07, 6.45) is 4.66. The molecule has 1 amide bonds. The van der Waals surface area contributed by atoms with Crippen molar-refractivity contribution in [2.75, 3.05) is 5.32 Å². The summed E-state index contributed by atoms with van der Waals surface area (Å²) < 4.78 is 9.09. The number of carbonyl (C=O) groups excluding carboxylic acids is 2. The van der Waals surface area contributed by atoms with Gasteiger partial charge >= 0.3 is 5.97 Å². The lowest BCUT2D eigenvalue weighted by atomic mass is 10.0. The van der Waals surface area contributed by atoms with E-state index in [-0.39, 0.29) is 17.7 Å². The zero-order valence-corrected chi connectivity index (χ0v) is 16.5. The molecule has 0 saturated heterocycles. The second-order valence-electron chi connectivity index (χ2n) is 6.32. The number of hydrogen-bond donors (Lipinski definition) is 1. The van der Waals surface area contributed by atoms with Crippen molar-refractivity contribution < 1.29 is 14.3 Å². The highest BCUT2D eigenvalue weighted by molar-refractivity contribution is 9.10. The molecule has 0 spiro atoms. The second kappa shape index (κ2) is 7.38. The molecule has 25 heavy (non-hydrogen) atoms. The molecular formula is C16H22BrN5O3. The van der Waals surface area contributed by atoms with Crippen molar-refractivity contribution in [1.29, 1.82) is 0 Å². The van der Waals surface area contributed by atoms with Gasteiger partial charge in [-0.05, 0) is 50.5 Å². The van der Waals surface area contributed by atoms with Gasteiger partial charge in [0.25, 0.3) is 5.91 Å². The third kappa shape index (κ3) is 4.28. The zero-order valence-electron chi connectivity index (χ0n) is 14.9. The summed E-state index contributed by atoms with van der Waals surface area (Å²) in [5, 5.41) is 11.1. The summed E-state index contributed by atoms with van der Waals surface area (Å²) in [4.78, 5) is 25.0. The Hall–Kier alpha value is -2.16. The van der Waals surface area contributed by atoms with Gasteiger partial charge in [0.15, 0.2) is 5.69 Å². The number of aromatic nitrogens is 4. The number of hydrogen-bond acceptors (Lipinski definition) is 5. The molecule has 0 radical (unpaired) electrons. The topological polar surface area (TPSA) is 91.0 Å². The maximum absolute atomic E-state index is 12.8. The van der Waals surface area contributed by atoms with Crippen LogP contribution < -0.4 is 5.32 Å². The molecule has 0 fully saturated rings. The Morgan fingerprint density at radius 2 is 2.04 bits per heavy atom. The summed E-state index contributed by atoms with van der Waals surface area (Å²) in [6, 6.07) is 0. The quantitative estimate of drug-likeness (QED) is 0.737. The highest BCUT2D eigenvalue weighted by Crippen LogP contribution is 2.22. The standard InChI is InChI=1S/C16H22BrN5O3/c1-6-21-9-12(13(20-21)14(23)25-10(2)3)19-15(24)16(4,5)22-8-11(17)7-18-22/h7-10H,6H2,1-5H3,(H,19,24). The average Bonchev–Trinajstić information content (AvgIpc) is 3.13. The van der Waals surface area contributed by atoms with Crippen LogP contribution in [0.5, 0.6) is 0 Å². The number of carbonyl (C=O) groups is 2. The zero-order chi connectivity index (χ0) is 18.8. The first-order valence-electron chi connectivity index (χ1n) is 7.95. The molecular weight excluding hydrogens is 390 g/mol. The van der Waals surface area contributed by atoms with Crippen LogP contribution in [0.4, 0.5) is 5.69 Å². The van der Waals surface area contributed by atoms with Gasteiger partial charge in [-0.1, -0.05) is 0 Å². The molecule has 2 rings (SSSR count). The fraction of sp³-hybridized carbons (Fsp3) is 0.500. The molecule has 0 aliphatic carbocycles. The monoisotopic (exact) mass is 411 g/mol. The number of esters is 1. The van der Waals surface area contributed by atoms with Gasteiger partial charge in [-0.15, -0.1) is 0 Å². The number of nitrogens with one attached hydrogen (secondary N) is 1. The molecule has 2 aromatic rings. The molecule has 2 heterocycles. The minimum Gasteiger partial charge on any atom is -0.458 e. The molecule has 0 aliphatic heterocycles. The van der Waals surface area contributed by atoms with Crippen molar-refractivity contribution in [3.8, 4) is 0 Å². The van der Waals surface area contributed by atoms with E-state index in [4.69, 9.17) is 4.74 Å². The Morgan fingerprint density at radius 1 is 1.36 bits per heavy atom. The van der Waals surface area contributed by atoms with E-state index in [0.717, 1.165) is 4.47 Å². The normalized spacial score (nSPS) is 11.6. The highest BCUT2D eigenvalue weighted by atomic mass is 79.9. The lowest BCUT2D eigenvalue weighted by Gasteiger charge is -2.24. The van der Waals surface area contributed by atoms with Crippen LogP contribution in [0.3, 0.4) is 0 Å². The summed E-state index contributed by atoms with van der Waals surface area (Å²) >= 11 is 3.32. The third-order valence-corrected chi connectivity index (χ3v) is 3.96. The van der Waals surface area contributed by atoms with Crippen LogP contribution in [0.25, 0.3) is 0 Å². The summed E-state index contributed by atoms with van der Waals surface area (Å²) in [5.41, 5.74) is -0.558. The van der Waals surface area contributed by atoms with E-state index >= 15 is 0 Å². The number of rotatable bonds is 6. The first kappa shape index (κ1) is 19.2. The lowest BCUT2D eigenvalue weighted by molar-refractivity contribution is -0.123. The first-order chi connectivity index (χ1) is 11.6. The lowest BCUT2D eigenvalue weighted by Crippen LogP contribution is -2.40. The largest absolute Gasteiger partial charge is 0.458 e. The van der Waals surface area contributed by atoms with Gasteiger partial charge < -0.3 is 10.1 Å². The van der Waals surface area contributed by atoms with Crippen LogP contribution >= 0.6 is 15.9 Å². The van der Waals surface area contributed by atoms with Gasteiger partial charge in [0, 0.05) is 18.9 Å². The first-order valence-corrected chi connectivity index (χ1v) is 8.75. The predicted octanol–water partition coefficient (Wildman–Crippen LogP) is 2.80. The Balaban J connectivity index is 2.28. The van der Waals surface area contributed by atoms with E-state index in [0.29, 0.717) is 12.2 Å². The van der Waals surface area contributed by atoms with E-state index in [1.807, 2.05) is 6.92 Å². The van der Waals surface area contributed by atoms with Crippen LogP contribution in [0.15, 0.2) is 23.1 Å². The van der Waals surface area contributed by atoms with Gasteiger partial charge in [-0.25, -0.2) is 4.79 Å². The number of nitrogens with zero attached hydrogens (tertiary/aromatic N) is 4. The molecule has 1 N–H and O–H groups in total. The van der Waals surface area contributed by atoms with Crippen molar-refractivity contribution in [2.24, 2.45) is 0 Å². The van der Waals surface area contributed by atoms with Gasteiger partial charge in [0.2, 0.25) is 0 Å². The predicted molar refractivity (Wildman–Crippen MR) is 96.3 cm³/mol. The molecule has 0 aromatic carbocycles. The van der Waals surface area contributed by atoms with Gasteiger partial charge in [-0.3, -0.25) is 14.2 Å². The number of anilines is 1. The van der Waals surface area contributed by atoms with E-state index < -0.39 is 11.5 Å². The van der Waals surface area contributed by atoms with Crippen LogP contribution in [-0.4, -0.2) is 37.5 Å². The van der Waals surface area contributed by atoms with E-state index in [9.17, 15) is 9.59 Å². The van der Waals surface area contributed by atoms with E-state index in [1.165, 1.54) is 0 Å². The smallest absolute Gasteiger partial charge is 0.361 e. The number of ether oxygens (including phenoxy) is 1. The Morgan fingerprint density at radius 3 is 2.56 bits per heavy atom. The molecule has 136 valence electrons. The minimum atomic E-state index is -0.959. The maximum atomic E-state index is 12.8. The van der Waals surface area contributed by atoms with Gasteiger partial charge in [0.05, 0.1) is 22.5 Å². The van der Waals surface area contributed by atoms with E-state index in [1.54, 1.807) is 55.6 Å². The Labute approximate surface area is 154 Å². The summed E-state index contributed by atoms with van der Waals surface area (Å²) in [7, 11) is 0. The third-order valence-electron chi connectivity index (χ3n) is 3.55. The number of halogens is 1. The molecule has 9 heteroatoms. The van der Waals surface area contributed by atoms with Crippen molar-refractivity contribution >= 4 is 33.5 Å². The van der Waals surface area contributed by atoms with Crippen LogP contribution in [0, 0.1) is 0 Å². The maximum Gasteiger partial charge on any atom is 0.361 e. The average molecular weight is 412 g/mol. The van der Waals surface area contributed by atoms with E-state index in [2.05, 4.69) is 31.4 Å².